The second-order valence-electron chi connectivity index (χ2n) is 6.21. The van der Waals surface area contributed by atoms with E-state index in [-0.39, 0.29) is 24.3 Å². The Kier molecular flexibility index (Phi) is 4.01. The number of aromatic amines is 1. The topological polar surface area (TPSA) is 82.2 Å². The Morgan fingerprint density at radius 3 is 2.88 bits per heavy atom. The van der Waals surface area contributed by atoms with Crippen molar-refractivity contribution in [3.05, 3.63) is 57.6 Å². The lowest BCUT2D eigenvalue weighted by Gasteiger charge is -2.20. The Bertz CT molecular complexity index is 946. The third kappa shape index (κ3) is 3.03. The number of amides is 1. The summed E-state index contributed by atoms with van der Waals surface area (Å²) in [6, 6.07) is 11.1. The van der Waals surface area contributed by atoms with Crippen LogP contribution in [0, 0.1) is 0 Å². The largest absolute Gasteiger partial charge is 0.481 e. The number of carbonyl (C=O) groups is 2. The van der Waals surface area contributed by atoms with Gasteiger partial charge in [-0.25, -0.2) is 0 Å². The van der Waals surface area contributed by atoms with Crippen LogP contribution in [0.3, 0.4) is 0 Å². The van der Waals surface area contributed by atoms with E-state index in [0.717, 1.165) is 21.3 Å². The van der Waals surface area contributed by atoms with Crippen LogP contribution in [0.2, 0.25) is 4.34 Å². The Balaban J connectivity index is 1.57. The van der Waals surface area contributed by atoms with Gasteiger partial charge >= 0.3 is 5.97 Å². The van der Waals surface area contributed by atoms with Crippen molar-refractivity contribution in [3.8, 4) is 0 Å². The van der Waals surface area contributed by atoms with E-state index in [4.69, 9.17) is 11.6 Å². The normalized spacial score (nSPS) is 19.1. The van der Waals surface area contributed by atoms with Crippen molar-refractivity contribution >= 4 is 45.0 Å². The van der Waals surface area contributed by atoms with Gasteiger partial charge in [0.05, 0.1) is 10.8 Å². The number of hydrogen-bond acceptors (Lipinski definition) is 3. The van der Waals surface area contributed by atoms with Crippen molar-refractivity contribution in [2.75, 3.05) is 0 Å². The summed E-state index contributed by atoms with van der Waals surface area (Å²) in [5.41, 5.74) is 2.57. The average Bonchev–Trinajstić information content (AvgIpc) is 3.19. The second-order valence-corrected chi connectivity index (χ2v) is 7.89. The van der Waals surface area contributed by atoms with E-state index in [0.29, 0.717) is 16.5 Å². The molecule has 0 spiro atoms. The standard InChI is InChI=1S/C18H15ClN2O3S/c19-15-7-10-6-14(21-18(10)25-15)17(24)20-13-5-9-3-1-2-4-11(9)12(13)8-16(22)23/h1-4,6-7,12-13,21H,5,8H2,(H,20,24)(H,22,23)/t12-,13-/m0/s1. The molecular formula is C18H15ClN2O3S. The number of nitrogens with one attached hydrogen (secondary N) is 2. The molecule has 2 atom stereocenters. The summed E-state index contributed by atoms with van der Waals surface area (Å²) in [7, 11) is 0. The van der Waals surface area contributed by atoms with Crippen LogP contribution in [0.4, 0.5) is 0 Å². The number of aliphatic carboxylic acids is 1. The number of benzene rings is 1. The monoisotopic (exact) mass is 374 g/mol. The van der Waals surface area contributed by atoms with Crippen molar-refractivity contribution < 1.29 is 14.7 Å². The van der Waals surface area contributed by atoms with Gasteiger partial charge in [0.25, 0.3) is 5.91 Å². The molecule has 25 heavy (non-hydrogen) atoms. The smallest absolute Gasteiger partial charge is 0.304 e. The Hall–Kier alpha value is -2.31. The summed E-state index contributed by atoms with van der Waals surface area (Å²) in [5, 5.41) is 13.1. The molecule has 1 aromatic carbocycles. The number of carboxylic acids is 1. The number of hydrogen-bond donors (Lipinski definition) is 3. The number of H-pyrrole nitrogens is 1. The Morgan fingerprint density at radius 2 is 2.12 bits per heavy atom. The van der Waals surface area contributed by atoms with Crippen LogP contribution in [-0.2, 0) is 11.2 Å². The van der Waals surface area contributed by atoms with Crippen molar-refractivity contribution in [3.63, 3.8) is 0 Å². The summed E-state index contributed by atoms with van der Waals surface area (Å²) < 4.78 is 0.668. The van der Waals surface area contributed by atoms with Crippen LogP contribution in [0.15, 0.2) is 36.4 Å². The minimum atomic E-state index is -0.865. The van der Waals surface area contributed by atoms with Gasteiger partial charge in [-0.3, -0.25) is 9.59 Å². The number of thiophene rings is 1. The average molecular weight is 375 g/mol. The van der Waals surface area contributed by atoms with Crippen LogP contribution >= 0.6 is 22.9 Å². The SMILES string of the molecule is O=C(O)C[C@H]1c2ccccc2C[C@@H]1NC(=O)c1cc2cc(Cl)sc2[nH]1. The highest BCUT2D eigenvalue weighted by molar-refractivity contribution is 7.22. The first-order chi connectivity index (χ1) is 12.0. The summed E-state index contributed by atoms with van der Waals surface area (Å²) in [4.78, 5) is 27.8. The van der Waals surface area contributed by atoms with Gasteiger partial charge in [0.1, 0.15) is 10.5 Å². The van der Waals surface area contributed by atoms with Crippen molar-refractivity contribution in [2.45, 2.75) is 24.8 Å². The first-order valence-corrected chi connectivity index (χ1v) is 9.09. The molecular weight excluding hydrogens is 360 g/mol. The number of fused-ring (bicyclic) bond motifs is 2. The predicted octanol–water partition coefficient (Wildman–Crippen LogP) is 3.80. The molecule has 7 heteroatoms. The zero-order valence-electron chi connectivity index (χ0n) is 13.1. The summed E-state index contributed by atoms with van der Waals surface area (Å²) in [5.74, 6) is -1.31. The fourth-order valence-electron chi connectivity index (χ4n) is 3.53. The first-order valence-electron chi connectivity index (χ1n) is 7.90. The lowest BCUT2D eigenvalue weighted by Crippen LogP contribution is -2.38. The zero-order chi connectivity index (χ0) is 17.6. The molecule has 5 nitrogen and oxygen atoms in total. The molecule has 0 bridgehead atoms. The quantitative estimate of drug-likeness (QED) is 0.649. The molecule has 0 aliphatic heterocycles. The Morgan fingerprint density at radius 1 is 1.32 bits per heavy atom. The highest BCUT2D eigenvalue weighted by Crippen LogP contribution is 2.36. The summed E-state index contributed by atoms with van der Waals surface area (Å²) in [6.07, 6.45) is 0.637. The molecule has 0 fully saturated rings. The Labute approximate surface area is 152 Å². The molecule has 1 aliphatic carbocycles. The van der Waals surface area contributed by atoms with Gasteiger partial charge in [-0.15, -0.1) is 11.3 Å². The van der Waals surface area contributed by atoms with Crippen molar-refractivity contribution in [1.29, 1.82) is 0 Å². The van der Waals surface area contributed by atoms with Gasteiger partial charge in [-0.05, 0) is 29.7 Å². The maximum atomic E-state index is 12.6. The van der Waals surface area contributed by atoms with Gasteiger partial charge in [0, 0.05) is 17.3 Å². The van der Waals surface area contributed by atoms with E-state index < -0.39 is 5.97 Å². The van der Waals surface area contributed by atoms with Crippen LogP contribution in [0.5, 0.6) is 0 Å². The third-order valence-corrected chi connectivity index (χ3v) is 5.81. The van der Waals surface area contributed by atoms with E-state index >= 15 is 0 Å². The van der Waals surface area contributed by atoms with E-state index in [9.17, 15) is 14.7 Å². The molecule has 3 N–H and O–H groups in total. The van der Waals surface area contributed by atoms with E-state index in [1.807, 2.05) is 30.3 Å². The van der Waals surface area contributed by atoms with Gasteiger partial charge in [0.15, 0.2) is 0 Å². The molecule has 2 heterocycles. The molecule has 0 saturated heterocycles. The van der Waals surface area contributed by atoms with Crippen molar-refractivity contribution in [2.24, 2.45) is 0 Å². The first kappa shape index (κ1) is 16.2. The zero-order valence-corrected chi connectivity index (χ0v) is 14.7. The number of carboxylic acid groups (broad SMARTS) is 1. The maximum Gasteiger partial charge on any atom is 0.304 e. The highest BCUT2D eigenvalue weighted by atomic mass is 35.5. The molecule has 4 rings (SSSR count). The van der Waals surface area contributed by atoms with E-state index in [1.54, 1.807) is 6.07 Å². The minimum Gasteiger partial charge on any atom is -0.481 e. The molecule has 0 radical (unpaired) electrons. The minimum absolute atomic E-state index is 0.00260. The van der Waals surface area contributed by atoms with Gasteiger partial charge in [0.2, 0.25) is 0 Å². The molecule has 1 amide bonds. The highest BCUT2D eigenvalue weighted by Gasteiger charge is 2.35. The summed E-state index contributed by atoms with van der Waals surface area (Å²) in [6.45, 7) is 0. The third-order valence-electron chi connectivity index (χ3n) is 4.61. The predicted molar refractivity (Wildman–Crippen MR) is 97.6 cm³/mol. The molecule has 1 aliphatic rings. The molecule has 0 saturated carbocycles. The van der Waals surface area contributed by atoms with Gasteiger partial charge in [-0.1, -0.05) is 35.9 Å². The number of halogens is 1. The van der Waals surface area contributed by atoms with E-state index in [2.05, 4.69) is 10.3 Å². The van der Waals surface area contributed by atoms with Gasteiger partial charge in [-0.2, -0.15) is 0 Å². The summed E-state index contributed by atoms with van der Waals surface area (Å²) >= 11 is 7.34. The molecule has 3 aromatic rings. The fourth-order valence-corrected chi connectivity index (χ4v) is 4.66. The second kappa shape index (κ2) is 6.20. The number of rotatable bonds is 4. The lowest BCUT2D eigenvalue weighted by molar-refractivity contribution is -0.137. The molecule has 0 unspecified atom stereocenters. The number of aromatic nitrogens is 1. The molecule has 2 aromatic heterocycles. The van der Waals surface area contributed by atoms with Crippen LogP contribution in [0.1, 0.15) is 34.0 Å². The van der Waals surface area contributed by atoms with Crippen LogP contribution in [0.25, 0.3) is 10.2 Å². The van der Waals surface area contributed by atoms with Gasteiger partial charge < -0.3 is 15.4 Å². The van der Waals surface area contributed by atoms with Crippen LogP contribution in [-0.4, -0.2) is 28.0 Å². The van der Waals surface area contributed by atoms with Crippen LogP contribution < -0.4 is 5.32 Å². The molecule has 128 valence electrons. The van der Waals surface area contributed by atoms with E-state index in [1.165, 1.54) is 11.3 Å². The maximum absolute atomic E-state index is 12.6. The fraction of sp³-hybridized carbons (Fsp3) is 0.222. The lowest BCUT2D eigenvalue weighted by atomic mass is 9.94. The number of carbonyl (C=O) groups excluding carboxylic acids is 1. The van der Waals surface area contributed by atoms with Crippen molar-refractivity contribution in [1.82, 2.24) is 10.3 Å².